The molecule has 2 aliphatic rings. The summed E-state index contributed by atoms with van der Waals surface area (Å²) in [7, 11) is 1.67. The Morgan fingerprint density at radius 1 is 1.11 bits per heavy atom. The van der Waals surface area contributed by atoms with E-state index in [1.54, 1.807) is 7.11 Å². The van der Waals surface area contributed by atoms with E-state index in [0.717, 1.165) is 32.4 Å². The van der Waals surface area contributed by atoms with E-state index in [0.29, 0.717) is 39.1 Å². The normalized spacial score (nSPS) is 21.2. The highest BCUT2D eigenvalue weighted by molar-refractivity contribution is 5.84. The van der Waals surface area contributed by atoms with E-state index in [2.05, 4.69) is 12.1 Å². The Kier molecular flexibility index (Phi) is 7.86. The monoisotopic (exact) mass is 388 g/mol. The summed E-state index contributed by atoms with van der Waals surface area (Å²) in [4.78, 5) is 29.1. The van der Waals surface area contributed by atoms with Crippen LogP contribution in [0.5, 0.6) is 0 Å². The van der Waals surface area contributed by atoms with Crippen LogP contribution in [0.15, 0.2) is 30.3 Å². The number of hydrogen-bond acceptors (Lipinski definition) is 4. The Morgan fingerprint density at radius 3 is 2.57 bits per heavy atom. The first-order valence-electron chi connectivity index (χ1n) is 10.4. The van der Waals surface area contributed by atoms with Crippen LogP contribution in [0.2, 0.25) is 0 Å². The summed E-state index contributed by atoms with van der Waals surface area (Å²) in [6.07, 6.45) is 3.94. The van der Waals surface area contributed by atoms with Gasteiger partial charge in [0, 0.05) is 39.7 Å². The summed E-state index contributed by atoms with van der Waals surface area (Å²) in [5.74, 6) is 0.303. The van der Waals surface area contributed by atoms with Crippen LogP contribution in [-0.2, 0) is 25.5 Å². The third-order valence-corrected chi connectivity index (χ3v) is 5.76. The van der Waals surface area contributed by atoms with E-state index in [1.165, 1.54) is 5.56 Å². The molecule has 0 saturated carbocycles. The molecule has 0 spiro atoms. The molecule has 0 bridgehead atoms. The maximum absolute atomic E-state index is 13.0. The van der Waals surface area contributed by atoms with Gasteiger partial charge in [0.2, 0.25) is 11.8 Å². The molecule has 0 N–H and O–H groups in total. The molecule has 0 radical (unpaired) electrons. The van der Waals surface area contributed by atoms with Crippen molar-refractivity contribution in [1.82, 2.24) is 9.80 Å². The average molecular weight is 389 g/mol. The smallest absolute Gasteiger partial charge is 0.227 e. The van der Waals surface area contributed by atoms with Crippen LogP contribution in [0.4, 0.5) is 0 Å². The molecule has 6 heteroatoms. The molecule has 2 heterocycles. The minimum absolute atomic E-state index is 0.0700. The summed E-state index contributed by atoms with van der Waals surface area (Å²) in [6.45, 7) is 3.93. The van der Waals surface area contributed by atoms with Crippen molar-refractivity contribution < 1.29 is 19.1 Å². The molecule has 154 valence electrons. The summed E-state index contributed by atoms with van der Waals surface area (Å²) in [5.41, 5.74) is 1.22. The summed E-state index contributed by atoms with van der Waals surface area (Å²) < 4.78 is 10.8. The number of nitrogens with zero attached hydrogens (tertiary/aromatic N) is 2. The van der Waals surface area contributed by atoms with Crippen molar-refractivity contribution in [3.63, 3.8) is 0 Å². The topological polar surface area (TPSA) is 59.1 Å². The number of likely N-dealkylation sites (tertiary alicyclic amines) is 2. The standard InChI is InChI=1S/C22H32N2O4/c1-27-15-16-28-20-10-13-23(14-11-20)22(26)19-7-8-21(25)24(17-19)12-9-18-5-3-2-4-6-18/h2-6,19-20H,7-17H2,1H3/t19-/m1/s1. The molecule has 2 fully saturated rings. The second-order valence-corrected chi connectivity index (χ2v) is 7.70. The first-order valence-corrected chi connectivity index (χ1v) is 10.4. The van der Waals surface area contributed by atoms with Crippen LogP contribution in [-0.4, -0.2) is 74.2 Å². The van der Waals surface area contributed by atoms with Gasteiger partial charge in [0.15, 0.2) is 0 Å². The van der Waals surface area contributed by atoms with Crippen molar-refractivity contribution >= 4 is 11.8 Å². The average Bonchev–Trinajstić information content (AvgIpc) is 2.74. The number of methoxy groups -OCH3 is 1. The van der Waals surface area contributed by atoms with Crippen molar-refractivity contribution in [3.8, 4) is 0 Å². The fraction of sp³-hybridized carbons (Fsp3) is 0.636. The molecule has 3 rings (SSSR count). The summed E-state index contributed by atoms with van der Waals surface area (Å²) in [6, 6.07) is 10.2. The second kappa shape index (κ2) is 10.6. The maximum Gasteiger partial charge on any atom is 0.227 e. The largest absolute Gasteiger partial charge is 0.382 e. The van der Waals surface area contributed by atoms with Gasteiger partial charge in [0.25, 0.3) is 0 Å². The third kappa shape index (κ3) is 5.79. The number of hydrogen-bond donors (Lipinski definition) is 0. The van der Waals surface area contributed by atoms with E-state index in [-0.39, 0.29) is 23.8 Å². The van der Waals surface area contributed by atoms with E-state index >= 15 is 0 Å². The number of benzene rings is 1. The van der Waals surface area contributed by atoms with Crippen molar-refractivity contribution in [1.29, 1.82) is 0 Å². The highest BCUT2D eigenvalue weighted by atomic mass is 16.5. The lowest BCUT2D eigenvalue weighted by Crippen LogP contribution is -2.49. The van der Waals surface area contributed by atoms with Crippen molar-refractivity contribution in [2.45, 2.75) is 38.2 Å². The third-order valence-electron chi connectivity index (χ3n) is 5.76. The molecule has 1 aromatic carbocycles. The highest BCUT2D eigenvalue weighted by Gasteiger charge is 2.34. The Labute approximate surface area is 167 Å². The van der Waals surface area contributed by atoms with E-state index in [4.69, 9.17) is 9.47 Å². The fourth-order valence-electron chi connectivity index (χ4n) is 4.04. The molecular weight excluding hydrogens is 356 g/mol. The molecule has 6 nitrogen and oxygen atoms in total. The van der Waals surface area contributed by atoms with Crippen LogP contribution < -0.4 is 0 Å². The zero-order chi connectivity index (χ0) is 19.8. The van der Waals surface area contributed by atoms with Crippen LogP contribution in [0.25, 0.3) is 0 Å². The van der Waals surface area contributed by atoms with Crippen molar-refractivity contribution in [2.24, 2.45) is 5.92 Å². The van der Waals surface area contributed by atoms with Crippen molar-refractivity contribution in [2.75, 3.05) is 46.5 Å². The molecule has 28 heavy (non-hydrogen) atoms. The Balaban J connectivity index is 1.45. The number of rotatable bonds is 8. The van der Waals surface area contributed by atoms with E-state index in [9.17, 15) is 9.59 Å². The van der Waals surface area contributed by atoms with Crippen LogP contribution >= 0.6 is 0 Å². The highest BCUT2D eigenvalue weighted by Crippen LogP contribution is 2.23. The summed E-state index contributed by atoms with van der Waals surface area (Å²) >= 11 is 0. The number of piperidine rings is 2. The number of carbonyl (C=O) groups is 2. The van der Waals surface area contributed by atoms with Gasteiger partial charge in [-0.25, -0.2) is 0 Å². The zero-order valence-corrected chi connectivity index (χ0v) is 16.8. The van der Waals surface area contributed by atoms with E-state index < -0.39 is 0 Å². The zero-order valence-electron chi connectivity index (χ0n) is 16.8. The van der Waals surface area contributed by atoms with Gasteiger partial charge >= 0.3 is 0 Å². The molecule has 1 atom stereocenters. The lowest BCUT2D eigenvalue weighted by atomic mass is 9.94. The van der Waals surface area contributed by atoms with Gasteiger partial charge in [0.05, 0.1) is 25.2 Å². The SMILES string of the molecule is COCCOC1CCN(C(=O)[C@@H]2CCC(=O)N(CCc3ccccc3)C2)CC1. The quantitative estimate of drug-likeness (QED) is 0.640. The molecule has 0 aliphatic carbocycles. The number of ether oxygens (including phenoxy) is 2. The van der Waals surface area contributed by atoms with Gasteiger partial charge in [-0.1, -0.05) is 30.3 Å². The molecule has 0 aromatic heterocycles. The number of amides is 2. The lowest BCUT2D eigenvalue weighted by Gasteiger charge is -2.37. The van der Waals surface area contributed by atoms with E-state index in [1.807, 2.05) is 28.0 Å². The molecular formula is C22H32N2O4. The van der Waals surface area contributed by atoms with Crippen LogP contribution in [0.1, 0.15) is 31.2 Å². The maximum atomic E-state index is 13.0. The minimum Gasteiger partial charge on any atom is -0.382 e. The summed E-state index contributed by atoms with van der Waals surface area (Å²) in [5, 5.41) is 0. The molecule has 1 aromatic rings. The van der Waals surface area contributed by atoms with Crippen molar-refractivity contribution in [3.05, 3.63) is 35.9 Å². The fourth-order valence-corrected chi connectivity index (χ4v) is 4.04. The molecule has 2 aliphatic heterocycles. The predicted molar refractivity (Wildman–Crippen MR) is 107 cm³/mol. The Hall–Kier alpha value is -1.92. The van der Waals surface area contributed by atoms with Crippen LogP contribution in [0, 0.1) is 5.92 Å². The predicted octanol–water partition coefficient (Wildman–Crippen LogP) is 2.12. The Morgan fingerprint density at radius 2 is 1.86 bits per heavy atom. The number of carbonyl (C=O) groups excluding carboxylic acids is 2. The molecule has 0 unspecified atom stereocenters. The first kappa shape index (κ1) is 20.8. The lowest BCUT2D eigenvalue weighted by molar-refractivity contribution is -0.144. The Bertz CT molecular complexity index is 629. The van der Waals surface area contributed by atoms with Gasteiger partial charge < -0.3 is 19.3 Å². The van der Waals surface area contributed by atoms with Gasteiger partial charge in [0.1, 0.15) is 0 Å². The second-order valence-electron chi connectivity index (χ2n) is 7.70. The molecule has 2 amide bonds. The van der Waals surface area contributed by atoms with Gasteiger partial charge in [-0.15, -0.1) is 0 Å². The van der Waals surface area contributed by atoms with Gasteiger partial charge in [-0.2, -0.15) is 0 Å². The van der Waals surface area contributed by atoms with Gasteiger partial charge in [-0.3, -0.25) is 9.59 Å². The minimum atomic E-state index is -0.0700. The first-order chi connectivity index (χ1) is 13.7. The van der Waals surface area contributed by atoms with Gasteiger partial charge in [-0.05, 0) is 31.2 Å². The molecule has 2 saturated heterocycles. The van der Waals surface area contributed by atoms with Crippen LogP contribution in [0.3, 0.4) is 0 Å².